The number of hydrogen-bond acceptors (Lipinski definition) is 7. The summed E-state index contributed by atoms with van der Waals surface area (Å²) in [6.07, 6.45) is 5.07. The van der Waals surface area contributed by atoms with E-state index in [9.17, 15) is 18.8 Å². The van der Waals surface area contributed by atoms with Gasteiger partial charge in [0.25, 0.3) is 5.91 Å². The first-order valence-electron chi connectivity index (χ1n) is 10.7. The summed E-state index contributed by atoms with van der Waals surface area (Å²) >= 11 is 0. The highest BCUT2D eigenvalue weighted by molar-refractivity contribution is 6.04. The highest BCUT2D eigenvalue weighted by Crippen LogP contribution is 2.39. The van der Waals surface area contributed by atoms with Crippen LogP contribution in [0.15, 0.2) is 42.9 Å². The monoisotopic (exact) mass is 463 g/mol. The van der Waals surface area contributed by atoms with Crippen molar-refractivity contribution in [2.24, 2.45) is 5.73 Å². The van der Waals surface area contributed by atoms with Crippen molar-refractivity contribution in [3.8, 4) is 17.2 Å². The predicted molar refractivity (Wildman–Crippen MR) is 122 cm³/mol. The number of amides is 1. The number of nitriles is 1. The Morgan fingerprint density at radius 3 is 2.50 bits per heavy atom. The standard InChI is InChI=1S/C24H23F2N7O/c1-14(22-29-5-3-6-30-22)32-23(34)18-12-31-19(11-27)20(15-8-16(25)10-17(26)9-15)21(18)33-7-4-24(2,28)13-33/h3,5-6,8-10,12,14H,4,7,13,28H2,1-2H3,(H,32,34)/t14?,24-/m0/s1. The number of anilines is 1. The van der Waals surface area contributed by atoms with Crippen molar-refractivity contribution in [1.82, 2.24) is 20.3 Å². The van der Waals surface area contributed by atoms with Crippen LogP contribution in [0, 0.1) is 23.0 Å². The summed E-state index contributed by atoms with van der Waals surface area (Å²) in [4.78, 5) is 27.7. The average molecular weight is 463 g/mol. The van der Waals surface area contributed by atoms with Gasteiger partial charge in [0.05, 0.1) is 17.3 Å². The third-order valence-electron chi connectivity index (χ3n) is 5.70. The highest BCUT2D eigenvalue weighted by Gasteiger charge is 2.35. The van der Waals surface area contributed by atoms with Gasteiger partial charge in [0.2, 0.25) is 0 Å². The topological polar surface area (TPSA) is 121 Å². The SMILES string of the molecule is CC(NC(=O)c1cnc(C#N)c(-c2cc(F)cc(F)c2)c1N1CC[C@](C)(N)C1)c1ncccn1. The number of nitrogens with two attached hydrogens (primary N) is 1. The van der Waals surface area contributed by atoms with E-state index in [1.807, 2.05) is 17.9 Å². The molecule has 174 valence electrons. The van der Waals surface area contributed by atoms with Gasteiger partial charge in [-0.2, -0.15) is 5.26 Å². The summed E-state index contributed by atoms with van der Waals surface area (Å²) in [5.74, 6) is -1.68. The number of pyridine rings is 1. The Balaban J connectivity index is 1.86. The first kappa shape index (κ1) is 23.2. The van der Waals surface area contributed by atoms with E-state index in [1.54, 1.807) is 25.4 Å². The van der Waals surface area contributed by atoms with Crippen molar-refractivity contribution in [1.29, 1.82) is 5.26 Å². The van der Waals surface area contributed by atoms with Gasteiger partial charge in [0.15, 0.2) is 0 Å². The summed E-state index contributed by atoms with van der Waals surface area (Å²) in [6, 6.07) is 6.11. The number of carbonyl (C=O) groups is 1. The molecule has 1 fully saturated rings. The van der Waals surface area contributed by atoms with Gasteiger partial charge >= 0.3 is 0 Å². The van der Waals surface area contributed by atoms with Crippen LogP contribution in [-0.2, 0) is 0 Å². The number of nitrogens with zero attached hydrogens (tertiary/aromatic N) is 5. The smallest absolute Gasteiger partial charge is 0.255 e. The molecule has 2 aromatic heterocycles. The predicted octanol–water partition coefficient (Wildman–Crippen LogP) is 3.11. The van der Waals surface area contributed by atoms with Crippen LogP contribution in [0.25, 0.3) is 11.1 Å². The Labute approximate surface area is 195 Å². The van der Waals surface area contributed by atoms with Gasteiger partial charge in [-0.15, -0.1) is 0 Å². The summed E-state index contributed by atoms with van der Waals surface area (Å²) in [7, 11) is 0. The molecule has 0 radical (unpaired) electrons. The first-order chi connectivity index (χ1) is 16.2. The lowest BCUT2D eigenvalue weighted by Crippen LogP contribution is -2.40. The minimum absolute atomic E-state index is 0.0541. The Morgan fingerprint density at radius 1 is 1.24 bits per heavy atom. The molecule has 3 N–H and O–H groups in total. The number of nitrogens with one attached hydrogen (secondary N) is 1. The molecule has 2 atom stereocenters. The van der Waals surface area contributed by atoms with Crippen LogP contribution < -0.4 is 16.0 Å². The largest absolute Gasteiger partial charge is 0.368 e. The fraction of sp³-hybridized carbons (Fsp3) is 0.292. The van der Waals surface area contributed by atoms with Gasteiger partial charge in [-0.1, -0.05) is 0 Å². The van der Waals surface area contributed by atoms with E-state index in [2.05, 4.69) is 20.3 Å². The Bertz CT molecular complexity index is 1250. The molecule has 3 aromatic rings. The lowest BCUT2D eigenvalue weighted by molar-refractivity contribution is 0.0938. The van der Waals surface area contributed by atoms with E-state index in [4.69, 9.17) is 5.73 Å². The quantitative estimate of drug-likeness (QED) is 0.596. The van der Waals surface area contributed by atoms with Gasteiger partial charge in [0, 0.05) is 48.8 Å². The minimum Gasteiger partial charge on any atom is -0.368 e. The molecule has 3 heterocycles. The van der Waals surface area contributed by atoms with Crippen LogP contribution >= 0.6 is 0 Å². The maximum atomic E-state index is 14.1. The molecule has 0 saturated carbocycles. The van der Waals surface area contributed by atoms with Crippen LogP contribution in [0.4, 0.5) is 14.5 Å². The van der Waals surface area contributed by atoms with Gasteiger partial charge in [0.1, 0.15) is 29.2 Å². The maximum absolute atomic E-state index is 14.1. The number of halogens is 2. The minimum atomic E-state index is -0.806. The summed E-state index contributed by atoms with van der Waals surface area (Å²) in [6.45, 7) is 4.49. The number of carbonyl (C=O) groups excluding carboxylic acids is 1. The molecule has 1 unspecified atom stereocenters. The summed E-state index contributed by atoms with van der Waals surface area (Å²) < 4.78 is 28.3. The van der Waals surface area contributed by atoms with Crippen LogP contribution in [0.5, 0.6) is 0 Å². The normalized spacial score (nSPS) is 18.4. The van der Waals surface area contributed by atoms with E-state index in [1.165, 1.54) is 6.20 Å². The van der Waals surface area contributed by atoms with E-state index in [-0.39, 0.29) is 22.4 Å². The number of rotatable bonds is 5. The molecular weight excluding hydrogens is 440 g/mol. The Kier molecular flexibility index (Phi) is 6.22. The van der Waals surface area contributed by atoms with Crippen molar-refractivity contribution in [3.63, 3.8) is 0 Å². The van der Waals surface area contributed by atoms with Gasteiger partial charge in [-0.05, 0) is 44.0 Å². The average Bonchev–Trinajstić information content (AvgIpc) is 3.17. The van der Waals surface area contributed by atoms with Gasteiger partial charge in [-0.25, -0.2) is 23.7 Å². The molecule has 1 amide bonds. The number of hydrogen-bond donors (Lipinski definition) is 2. The van der Waals surface area contributed by atoms with Gasteiger partial charge in [-0.3, -0.25) is 4.79 Å². The zero-order valence-electron chi connectivity index (χ0n) is 18.7. The van der Waals surface area contributed by atoms with E-state index < -0.39 is 29.1 Å². The van der Waals surface area contributed by atoms with Crippen LogP contribution in [0.2, 0.25) is 0 Å². The fourth-order valence-electron chi connectivity index (χ4n) is 4.10. The van der Waals surface area contributed by atoms with Crippen LogP contribution in [0.1, 0.15) is 48.2 Å². The van der Waals surface area contributed by atoms with Crippen LogP contribution in [-0.4, -0.2) is 39.5 Å². The molecule has 4 rings (SSSR count). The molecule has 1 aliphatic rings. The van der Waals surface area contributed by atoms with Crippen molar-refractivity contribution < 1.29 is 13.6 Å². The molecule has 1 saturated heterocycles. The molecule has 34 heavy (non-hydrogen) atoms. The van der Waals surface area contributed by atoms with Crippen molar-refractivity contribution in [2.75, 3.05) is 18.0 Å². The lowest BCUT2D eigenvalue weighted by atomic mass is 9.97. The Morgan fingerprint density at radius 2 is 1.91 bits per heavy atom. The molecule has 1 aromatic carbocycles. The number of benzene rings is 1. The van der Waals surface area contributed by atoms with Crippen molar-refractivity contribution in [2.45, 2.75) is 31.8 Å². The highest BCUT2D eigenvalue weighted by atomic mass is 19.1. The second-order valence-corrected chi connectivity index (χ2v) is 8.64. The molecule has 1 aliphatic heterocycles. The Hall–Kier alpha value is -3.97. The third-order valence-corrected chi connectivity index (χ3v) is 5.70. The maximum Gasteiger partial charge on any atom is 0.255 e. The zero-order chi connectivity index (χ0) is 24.5. The summed E-state index contributed by atoms with van der Waals surface area (Å²) in [5, 5.41) is 12.6. The van der Waals surface area contributed by atoms with E-state index in [0.29, 0.717) is 31.0 Å². The second-order valence-electron chi connectivity index (χ2n) is 8.64. The van der Waals surface area contributed by atoms with Crippen molar-refractivity contribution >= 4 is 11.6 Å². The van der Waals surface area contributed by atoms with E-state index >= 15 is 0 Å². The fourth-order valence-corrected chi connectivity index (χ4v) is 4.10. The molecule has 0 bridgehead atoms. The van der Waals surface area contributed by atoms with E-state index in [0.717, 1.165) is 18.2 Å². The molecule has 0 spiro atoms. The molecule has 10 heteroatoms. The summed E-state index contributed by atoms with van der Waals surface area (Å²) in [5.41, 5.74) is 6.53. The zero-order valence-corrected chi connectivity index (χ0v) is 18.7. The molecule has 8 nitrogen and oxygen atoms in total. The van der Waals surface area contributed by atoms with Crippen LogP contribution in [0.3, 0.4) is 0 Å². The second kappa shape index (κ2) is 9.11. The van der Waals surface area contributed by atoms with Gasteiger partial charge < -0.3 is 16.0 Å². The third kappa shape index (κ3) is 4.70. The van der Waals surface area contributed by atoms with Crippen molar-refractivity contribution in [3.05, 3.63) is 71.6 Å². The molecule has 0 aliphatic carbocycles. The first-order valence-corrected chi connectivity index (χ1v) is 10.7. The lowest BCUT2D eigenvalue weighted by Gasteiger charge is -2.27. The number of aromatic nitrogens is 3. The molecular formula is C24H23F2N7O.